The summed E-state index contributed by atoms with van der Waals surface area (Å²) < 4.78 is 7.06. The second kappa shape index (κ2) is 8.55. The maximum atomic E-state index is 12.5. The van der Waals surface area contributed by atoms with E-state index in [4.69, 9.17) is 4.74 Å². The molecule has 0 bridgehead atoms. The van der Waals surface area contributed by atoms with Crippen LogP contribution in [0.2, 0.25) is 0 Å². The fraction of sp³-hybridized carbons (Fsp3) is 0.409. The number of amides is 1. The highest BCUT2D eigenvalue weighted by molar-refractivity contribution is 9.10. The summed E-state index contributed by atoms with van der Waals surface area (Å²) >= 11 is 3.54. The van der Waals surface area contributed by atoms with Crippen molar-refractivity contribution in [1.82, 2.24) is 9.80 Å². The quantitative estimate of drug-likeness (QED) is 0.728. The summed E-state index contributed by atoms with van der Waals surface area (Å²) in [5.41, 5.74) is 3.25. The van der Waals surface area contributed by atoms with E-state index in [9.17, 15) is 4.79 Å². The number of nitrogens with zero attached hydrogens (tertiary/aromatic N) is 2. The van der Waals surface area contributed by atoms with E-state index in [0.717, 1.165) is 62.2 Å². The van der Waals surface area contributed by atoms with Gasteiger partial charge in [0.1, 0.15) is 0 Å². The van der Waals surface area contributed by atoms with Crippen molar-refractivity contribution in [2.75, 3.05) is 32.8 Å². The Kier molecular flexibility index (Phi) is 5.91. The summed E-state index contributed by atoms with van der Waals surface area (Å²) in [6.07, 6.45) is 2.35. The monoisotopic (exact) mass is 428 g/mol. The third-order valence-corrected chi connectivity index (χ3v) is 5.86. The van der Waals surface area contributed by atoms with E-state index < -0.39 is 0 Å². The van der Waals surface area contributed by atoms with E-state index in [1.54, 1.807) is 0 Å². The molecule has 4 rings (SSSR count). The summed E-state index contributed by atoms with van der Waals surface area (Å²) in [6, 6.07) is 16.5. The fourth-order valence-corrected chi connectivity index (χ4v) is 4.29. The number of morpholine rings is 1. The molecular weight excluding hydrogens is 404 g/mol. The lowest BCUT2D eigenvalue weighted by Crippen LogP contribution is -2.37. The largest absolute Gasteiger partial charge is 0.371 e. The van der Waals surface area contributed by atoms with E-state index in [1.807, 2.05) is 23.1 Å². The van der Waals surface area contributed by atoms with Gasteiger partial charge in [-0.05, 0) is 48.2 Å². The van der Waals surface area contributed by atoms with Crippen molar-refractivity contribution in [3.63, 3.8) is 0 Å². The molecule has 2 aromatic rings. The SMILES string of the molecule is O=C(c1ccc(CN2CCOC(c3cccc(Br)c3)C2)cc1)N1CCCC1. The number of benzene rings is 2. The van der Waals surface area contributed by atoms with Crippen molar-refractivity contribution in [2.24, 2.45) is 0 Å². The fourth-order valence-electron chi connectivity index (χ4n) is 3.87. The first-order valence-corrected chi connectivity index (χ1v) is 10.5. The zero-order valence-electron chi connectivity index (χ0n) is 15.4. The topological polar surface area (TPSA) is 32.8 Å². The van der Waals surface area contributed by atoms with Crippen molar-refractivity contribution in [1.29, 1.82) is 0 Å². The molecule has 0 N–H and O–H groups in total. The molecule has 142 valence electrons. The van der Waals surface area contributed by atoms with Crippen molar-refractivity contribution in [2.45, 2.75) is 25.5 Å². The minimum absolute atomic E-state index is 0.104. The van der Waals surface area contributed by atoms with Crippen LogP contribution >= 0.6 is 15.9 Å². The van der Waals surface area contributed by atoms with Crippen LogP contribution in [0.1, 0.15) is 40.4 Å². The van der Waals surface area contributed by atoms with Gasteiger partial charge in [0.2, 0.25) is 0 Å². The van der Waals surface area contributed by atoms with Crippen LogP contribution in [0, 0.1) is 0 Å². The minimum Gasteiger partial charge on any atom is -0.371 e. The van der Waals surface area contributed by atoms with Crippen LogP contribution in [0.3, 0.4) is 0 Å². The van der Waals surface area contributed by atoms with Gasteiger partial charge in [-0.1, -0.05) is 40.2 Å². The highest BCUT2D eigenvalue weighted by Crippen LogP contribution is 2.25. The molecular formula is C22H25BrN2O2. The molecule has 0 spiro atoms. The minimum atomic E-state index is 0.104. The van der Waals surface area contributed by atoms with Gasteiger partial charge >= 0.3 is 0 Å². The highest BCUT2D eigenvalue weighted by Gasteiger charge is 2.23. The van der Waals surface area contributed by atoms with E-state index in [1.165, 1.54) is 11.1 Å². The van der Waals surface area contributed by atoms with Crippen LogP contribution in [0.15, 0.2) is 53.0 Å². The molecule has 2 aliphatic rings. The Labute approximate surface area is 169 Å². The van der Waals surface area contributed by atoms with Crippen molar-refractivity contribution in [3.8, 4) is 0 Å². The van der Waals surface area contributed by atoms with Crippen LogP contribution in [0.25, 0.3) is 0 Å². The van der Waals surface area contributed by atoms with E-state index in [-0.39, 0.29) is 12.0 Å². The predicted octanol–water partition coefficient (Wildman–Crippen LogP) is 4.26. The van der Waals surface area contributed by atoms with Crippen LogP contribution in [-0.4, -0.2) is 48.5 Å². The lowest BCUT2D eigenvalue weighted by molar-refractivity contribution is -0.0329. The summed E-state index contributed by atoms with van der Waals surface area (Å²) in [6.45, 7) is 5.22. The van der Waals surface area contributed by atoms with Gasteiger partial charge in [0, 0.05) is 42.8 Å². The zero-order chi connectivity index (χ0) is 18.6. The molecule has 27 heavy (non-hydrogen) atoms. The van der Waals surface area contributed by atoms with E-state index in [2.05, 4.69) is 51.2 Å². The maximum absolute atomic E-state index is 12.5. The molecule has 2 fully saturated rings. The molecule has 0 aromatic heterocycles. The van der Waals surface area contributed by atoms with Gasteiger partial charge < -0.3 is 9.64 Å². The molecule has 1 unspecified atom stereocenters. The summed E-state index contributed by atoms with van der Waals surface area (Å²) in [7, 11) is 0. The molecule has 0 radical (unpaired) electrons. The molecule has 0 saturated carbocycles. The number of hydrogen-bond donors (Lipinski definition) is 0. The van der Waals surface area contributed by atoms with Crippen LogP contribution < -0.4 is 0 Å². The Hall–Kier alpha value is -1.69. The number of ether oxygens (including phenoxy) is 1. The summed E-state index contributed by atoms with van der Waals surface area (Å²) in [5, 5.41) is 0. The van der Waals surface area contributed by atoms with Crippen molar-refractivity contribution < 1.29 is 9.53 Å². The summed E-state index contributed by atoms with van der Waals surface area (Å²) in [5.74, 6) is 0.167. The smallest absolute Gasteiger partial charge is 0.253 e. The van der Waals surface area contributed by atoms with E-state index in [0.29, 0.717) is 0 Å². The average molecular weight is 429 g/mol. The third kappa shape index (κ3) is 4.60. The van der Waals surface area contributed by atoms with Gasteiger partial charge in [0.15, 0.2) is 0 Å². The Morgan fingerprint density at radius 1 is 1.07 bits per heavy atom. The second-order valence-corrected chi connectivity index (χ2v) is 8.26. The van der Waals surface area contributed by atoms with E-state index >= 15 is 0 Å². The Balaban J connectivity index is 1.37. The number of hydrogen-bond acceptors (Lipinski definition) is 3. The van der Waals surface area contributed by atoms with Crippen LogP contribution in [0.5, 0.6) is 0 Å². The first kappa shape index (κ1) is 18.7. The second-order valence-electron chi connectivity index (χ2n) is 7.35. The molecule has 2 aromatic carbocycles. The standard InChI is InChI=1S/C22H25BrN2O2/c23-20-5-3-4-19(14-20)21-16-24(12-13-27-21)15-17-6-8-18(9-7-17)22(26)25-10-1-2-11-25/h3-9,14,21H,1-2,10-13,15-16H2. The van der Waals surface area contributed by atoms with Crippen LogP contribution in [-0.2, 0) is 11.3 Å². The number of likely N-dealkylation sites (tertiary alicyclic amines) is 1. The predicted molar refractivity (Wildman–Crippen MR) is 110 cm³/mol. The van der Waals surface area contributed by atoms with Gasteiger partial charge in [0.25, 0.3) is 5.91 Å². The molecule has 2 saturated heterocycles. The molecule has 0 aliphatic carbocycles. The first-order chi connectivity index (χ1) is 13.2. The van der Waals surface area contributed by atoms with Crippen molar-refractivity contribution >= 4 is 21.8 Å². The summed E-state index contributed by atoms with van der Waals surface area (Å²) in [4.78, 5) is 16.9. The highest BCUT2D eigenvalue weighted by atomic mass is 79.9. The molecule has 2 heterocycles. The maximum Gasteiger partial charge on any atom is 0.253 e. The zero-order valence-corrected chi connectivity index (χ0v) is 17.0. The normalized spacial score (nSPS) is 20.8. The van der Waals surface area contributed by atoms with Gasteiger partial charge in [-0.2, -0.15) is 0 Å². The number of carbonyl (C=O) groups excluding carboxylic acids is 1. The van der Waals surface area contributed by atoms with Crippen molar-refractivity contribution in [3.05, 3.63) is 69.7 Å². The van der Waals surface area contributed by atoms with Crippen LogP contribution in [0.4, 0.5) is 0 Å². The molecule has 2 aliphatic heterocycles. The Morgan fingerprint density at radius 2 is 1.85 bits per heavy atom. The van der Waals surface area contributed by atoms with Gasteiger partial charge in [0.05, 0.1) is 12.7 Å². The molecule has 1 amide bonds. The lowest BCUT2D eigenvalue weighted by Gasteiger charge is -2.33. The number of halogens is 1. The molecule has 1 atom stereocenters. The van der Waals surface area contributed by atoms with Gasteiger partial charge in [-0.3, -0.25) is 9.69 Å². The van der Waals surface area contributed by atoms with Gasteiger partial charge in [-0.25, -0.2) is 0 Å². The average Bonchev–Trinajstić information content (AvgIpc) is 3.23. The molecule has 4 nitrogen and oxygen atoms in total. The Morgan fingerprint density at radius 3 is 2.59 bits per heavy atom. The number of rotatable bonds is 4. The lowest BCUT2D eigenvalue weighted by atomic mass is 10.1. The number of carbonyl (C=O) groups is 1. The Bertz CT molecular complexity index is 787. The first-order valence-electron chi connectivity index (χ1n) is 9.67. The third-order valence-electron chi connectivity index (χ3n) is 5.37. The van der Waals surface area contributed by atoms with Gasteiger partial charge in [-0.15, -0.1) is 0 Å². The molecule has 5 heteroatoms.